The highest BCUT2D eigenvalue weighted by atomic mass is 19.3. The molecule has 36 heavy (non-hydrogen) atoms. The molecule has 0 unspecified atom stereocenters. The van der Waals surface area contributed by atoms with E-state index >= 15 is 0 Å². The molecule has 4 rings (SSSR count). The number of ketones is 1. The summed E-state index contributed by atoms with van der Waals surface area (Å²) in [4.78, 5) is 26.0. The number of Topliss-reactive ketones (excluding diaryl/α,β-unsaturated/α-hetero) is 1. The standard InChI is InChI=1S/C26H29F4N3O3/c1-3-15-8-9-17(22-32-33-23(36-22)21(27)28)13-18(15)20(34)14(2)12-16-6-4-5-7-19(16)31-25(35)26(10-11-26)24(29)30/h8-9,13,16,19,21,24H,2-7,10-12H2,1H3,(H,31,35)/t16-,19+/m0/s1. The van der Waals surface area contributed by atoms with E-state index in [0.29, 0.717) is 36.0 Å². The van der Waals surface area contributed by atoms with Crippen molar-refractivity contribution < 1.29 is 31.6 Å². The van der Waals surface area contributed by atoms with Gasteiger partial charge in [0.05, 0.1) is 0 Å². The van der Waals surface area contributed by atoms with E-state index in [4.69, 9.17) is 4.42 Å². The minimum atomic E-state index is -2.90. The van der Waals surface area contributed by atoms with Crippen molar-refractivity contribution in [1.29, 1.82) is 0 Å². The van der Waals surface area contributed by atoms with Crippen LogP contribution in [-0.2, 0) is 11.2 Å². The van der Waals surface area contributed by atoms with Crippen LogP contribution in [0.4, 0.5) is 17.6 Å². The maximum absolute atomic E-state index is 13.4. The van der Waals surface area contributed by atoms with Crippen LogP contribution in [0.5, 0.6) is 0 Å². The van der Waals surface area contributed by atoms with Gasteiger partial charge >= 0.3 is 6.43 Å². The van der Waals surface area contributed by atoms with E-state index in [0.717, 1.165) is 24.8 Å². The minimum absolute atomic E-state index is 0.0922. The molecule has 1 heterocycles. The Hall–Kier alpha value is -3.04. The molecule has 2 atom stereocenters. The fourth-order valence-corrected chi connectivity index (χ4v) is 4.90. The molecule has 1 aromatic carbocycles. The normalized spacial score (nSPS) is 21.0. The average molecular weight is 508 g/mol. The Kier molecular flexibility index (Phi) is 7.61. The number of rotatable bonds is 10. The summed E-state index contributed by atoms with van der Waals surface area (Å²) < 4.78 is 57.5. The lowest BCUT2D eigenvalue weighted by Gasteiger charge is -2.33. The van der Waals surface area contributed by atoms with Crippen LogP contribution in [0.2, 0.25) is 0 Å². The number of allylic oxidation sites excluding steroid dienone is 1. The van der Waals surface area contributed by atoms with Gasteiger partial charge in [-0.15, -0.1) is 10.2 Å². The van der Waals surface area contributed by atoms with Crippen molar-refractivity contribution in [3.05, 3.63) is 47.4 Å². The fourth-order valence-electron chi connectivity index (χ4n) is 4.90. The molecule has 2 aliphatic carbocycles. The van der Waals surface area contributed by atoms with Gasteiger partial charge in [-0.05, 0) is 67.7 Å². The summed E-state index contributed by atoms with van der Waals surface area (Å²) >= 11 is 0. The highest BCUT2D eigenvalue weighted by molar-refractivity contribution is 6.09. The molecule has 10 heteroatoms. The quantitative estimate of drug-likeness (QED) is 0.239. The lowest BCUT2D eigenvalue weighted by atomic mass is 9.79. The number of carbonyl (C=O) groups is 2. The number of benzene rings is 1. The molecule has 0 radical (unpaired) electrons. The summed E-state index contributed by atoms with van der Waals surface area (Å²) in [5, 5.41) is 9.83. The summed E-state index contributed by atoms with van der Waals surface area (Å²) in [6.07, 6.45) is -1.15. The molecule has 0 spiro atoms. The van der Waals surface area contributed by atoms with Crippen molar-refractivity contribution in [3.63, 3.8) is 0 Å². The van der Waals surface area contributed by atoms with Crippen molar-refractivity contribution in [2.75, 3.05) is 0 Å². The molecular formula is C26H29F4N3O3. The number of alkyl halides is 4. The summed E-state index contributed by atoms with van der Waals surface area (Å²) in [6, 6.07) is 4.58. The number of aromatic nitrogens is 2. The van der Waals surface area contributed by atoms with Gasteiger partial charge in [0.15, 0.2) is 5.78 Å². The first-order valence-electron chi connectivity index (χ1n) is 12.2. The van der Waals surface area contributed by atoms with Crippen molar-refractivity contribution in [1.82, 2.24) is 15.5 Å². The first-order valence-corrected chi connectivity index (χ1v) is 12.2. The van der Waals surface area contributed by atoms with Gasteiger partial charge in [0, 0.05) is 17.2 Å². The number of hydrogen-bond donors (Lipinski definition) is 1. The van der Waals surface area contributed by atoms with Crippen LogP contribution < -0.4 is 5.32 Å². The van der Waals surface area contributed by atoms with E-state index < -0.39 is 30.1 Å². The maximum atomic E-state index is 13.4. The minimum Gasteiger partial charge on any atom is -0.415 e. The lowest BCUT2D eigenvalue weighted by Crippen LogP contribution is -2.47. The number of aryl methyl sites for hydroxylation is 1. The molecule has 1 aromatic heterocycles. The molecule has 2 saturated carbocycles. The van der Waals surface area contributed by atoms with Gasteiger partial charge in [-0.2, -0.15) is 8.78 Å². The van der Waals surface area contributed by atoms with Crippen LogP contribution in [0.3, 0.4) is 0 Å². The molecule has 0 saturated heterocycles. The highest BCUT2D eigenvalue weighted by Crippen LogP contribution is 2.51. The van der Waals surface area contributed by atoms with Gasteiger partial charge < -0.3 is 9.73 Å². The molecule has 1 amide bonds. The van der Waals surface area contributed by atoms with Gasteiger partial charge in [0.2, 0.25) is 11.8 Å². The van der Waals surface area contributed by atoms with E-state index in [2.05, 4.69) is 22.1 Å². The molecule has 2 aliphatic rings. The number of nitrogens with one attached hydrogen (secondary N) is 1. The Labute approximate surface area is 206 Å². The summed E-state index contributed by atoms with van der Waals surface area (Å²) in [5.41, 5.74) is 0.223. The second kappa shape index (κ2) is 10.5. The zero-order valence-electron chi connectivity index (χ0n) is 20.0. The first kappa shape index (κ1) is 26.0. The highest BCUT2D eigenvalue weighted by Gasteiger charge is 2.58. The van der Waals surface area contributed by atoms with Crippen LogP contribution in [0.25, 0.3) is 11.5 Å². The molecule has 2 aromatic rings. The van der Waals surface area contributed by atoms with E-state index in [1.807, 2.05) is 6.92 Å². The summed E-state index contributed by atoms with van der Waals surface area (Å²) in [7, 11) is 0. The van der Waals surface area contributed by atoms with Crippen LogP contribution in [-0.4, -0.2) is 34.4 Å². The predicted octanol–water partition coefficient (Wildman–Crippen LogP) is 6.09. The van der Waals surface area contributed by atoms with Crippen LogP contribution in [0, 0.1) is 11.3 Å². The number of carbonyl (C=O) groups excluding carboxylic acids is 2. The van der Waals surface area contributed by atoms with Gasteiger partial charge in [-0.1, -0.05) is 32.4 Å². The van der Waals surface area contributed by atoms with Crippen molar-refractivity contribution in [3.8, 4) is 11.5 Å². The Bertz CT molecular complexity index is 1140. The van der Waals surface area contributed by atoms with Crippen LogP contribution in [0.15, 0.2) is 34.8 Å². The van der Waals surface area contributed by atoms with Gasteiger partial charge in [-0.3, -0.25) is 9.59 Å². The van der Waals surface area contributed by atoms with E-state index in [1.165, 1.54) is 6.07 Å². The molecule has 6 nitrogen and oxygen atoms in total. The first-order chi connectivity index (χ1) is 17.2. The molecule has 0 aliphatic heterocycles. The maximum Gasteiger partial charge on any atom is 0.314 e. The van der Waals surface area contributed by atoms with Crippen molar-refractivity contribution >= 4 is 11.7 Å². The van der Waals surface area contributed by atoms with Crippen molar-refractivity contribution in [2.45, 2.75) is 77.2 Å². The van der Waals surface area contributed by atoms with Gasteiger partial charge in [-0.25, -0.2) is 8.78 Å². The van der Waals surface area contributed by atoms with Gasteiger partial charge in [0.1, 0.15) is 5.41 Å². The Morgan fingerprint density at radius 1 is 1.17 bits per heavy atom. The topological polar surface area (TPSA) is 85.1 Å². The van der Waals surface area contributed by atoms with E-state index in [-0.39, 0.29) is 36.5 Å². The number of halogens is 4. The molecule has 2 fully saturated rings. The molecule has 1 N–H and O–H groups in total. The smallest absolute Gasteiger partial charge is 0.314 e. The Morgan fingerprint density at radius 3 is 2.50 bits per heavy atom. The second-order valence-corrected chi connectivity index (χ2v) is 9.69. The van der Waals surface area contributed by atoms with Gasteiger partial charge in [0.25, 0.3) is 12.3 Å². The van der Waals surface area contributed by atoms with E-state index in [9.17, 15) is 27.2 Å². The SMILES string of the molecule is C=C(C[C@@H]1CCCC[C@H]1NC(=O)C1(C(F)F)CC1)C(=O)c1cc(-c2nnc(C(F)F)o2)ccc1CC. The third kappa shape index (κ3) is 5.22. The van der Waals surface area contributed by atoms with Crippen LogP contribution in [0.1, 0.15) is 80.1 Å². The number of amides is 1. The largest absolute Gasteiger partial charge is 0.415 e. The molecular weight excluding hydrogens is 478 g/mol. The third-order valence-corrected chi connectivity index (χ3v) is 7.32. The molecule has 0 bridgehead atoms. The number of nitrogens with zero attached hydrogens (tertiary/aromatic N) is 2. The van der Waals surface area contributed by atoms with Crippen LogP contribution >= 0.6 is 0 Å². The van der Waals surface area contributed by atoms with E-state index in [1.54, 1.807) is 12.1 Å². The van der Waals surface area contributed by atoms with Crippen molar-refractivity contribution in [2.24, 2.45) is 11.3 Å². The lowest BCUT2D eigenvalue weighted by molar-refractivity contribution is -0.133. The third-order valence-electron chi connectivity index (χ3n) is 7.32. The summed E-state index contributed by atoms with van der Waals surface area (Å²) in [5.74, 6) is -1.91. The zero-order valence-corrected chi connectivity index (χ0v) is 20.0. The zero-order chi connectivity index (χ0) is 26.0. The second-order valence-electron chi connectivity index (χ2n) is 9.69. The predicted molar refractivity (Wildman–Crippen MR) is 124 cm³/mol. The average Bonchev–Trinajstić information content (AvgIpc) is 3.54. The fraction of sp³-hybridized carbons (Fsp3) is 0.538. The molecule has 194 valence electrons. The Morgan fingerprint density at radius 2 is 1.89 bits per heavy atom. The number of hydrogen-bond acceptors (Lipinski definition) is 5. The monoisotopic (exact) mass is 507 g/mol. The summed E-state index contributed by atoms with van der Waals surface area (Å²) in [6.45, 7) is 5.89. The Balaban J connectivity index is 1.49.